The van der Waals surface area contributed by atoms with Gasteiger partial charge < -0.3 is 45.2 Å². The first-order chi connectivity index (χ1) is 11.3. The number of nitrogens with zero attached hydrogens (tertiary/aromatic N) is 1. The summed E-state index contributed by atoms with van der Waals surface area (Å²) in [5.74, 6) is -3.91. The Bertz CT molecular complexity index is 544. The van der Waals surface area contributed by atoms with Crippen LogP contribution in [-0.2, 0) is 23.2 Å². The summed E-state index contributed by atoms with van der Waals surface area (Å²) >= 11 is 0. The molecule has 9 N–H and O–H groups in total. The van der Waals surface area contributed by atoms with Crippen LogP contribution in [0.5, 0.6) is 0 Å². The molecule has 15 heteroatoms. The Morgan fingerprint density at radius 1 is 1.20 bits per heavy atom. The van der Waals surface area contributed by atoms with Crippen LogP contribution in [-0.4, -0.2) is 97.8 Å². The molecule has 5 atom stereocenters. The molecule has 0 aromatic heterocycles. The second kappa shape index (κ2) is 9.62. The van der Waals surface area contributed by atoms with E-state index in [0.29, 0.717) is 0 Å². The van der Waals surface area contributed by atoms with Gasteiger partial charge in [-0.1, -0.05) is 0 Å². The number of carbonyl (C=O) groups is 2. The van der Waals surface area contributed by atoms with Gasteiger partial charge in [0.25, 0.3) is 0 Å². The van der Waals surface area contributed by atoms with Crippen LogP contribution in [0.3, 0.4) is 0 Å². The van der Waals surface area contributed by atoms with Crippen LogP contribution in [0.2, 0.25) is 0 Å². The third-order valence-electron chi connectivity index (χ3n) is 2.70. The average molecular weight is 389 g/mol. The number of hydrogen-bond donors (Lipinski definition) is 8. The summed E-state index contributed by atoms with van der Waals surface area (Å²) in [6, 6.07) is 0. The molecule has 14 nitrogen and oxygen atoms in total. The molecular weight excluding hydrogens is 369 g/mol. The van der Waals surface area contributed by atoms with Crippen molar-refractivity contribution < 1.29 is 53.6 Å². The van der Waals surface area contributed by atoms with Gasteiger partial charge in [-0.05, 0) is 0 Å². The van der Waals surface area contributed by atoms with Gasteiger partial charge in [0.15, 0.2) is 12.1 Å². The van der Waals surface area contributed by atoms with Gasteiger partial charge in [0.1, 0.15) is 24.9 Å². The predicted octanol–water partition coefficient (Wildman–Crippen LogP) is -4.57. The fourth-order valence-electron chi connectivity index (χ4n) is 1.28. The quantitative estimate of drug-likeness (QED) is 0.105. The van der Waals surface area contributed by atoms with Crippen molar-refractivity contribution >= 4 is 25.7 Å². The molecule has 0 saturated heterocycles. The summed E-state index contributed by atoms with van der Waals surface area (Å²) in [7, 11) is -4.16. The lowest BCUT2D eigenvalue weighted by atomic mass is 10.0. The van der Waals surface area contributed by atoms with Crippen molar-refractivity contribution in [3.05, 3.63) is 0 Å². The van der Waals surface area contributed by atoms with Crippen molar-refractivity contribution in [3.63, 3.8) is 0 Å². The standard InChI is InChI=1S/C10H20N3O11P/c1-13(10(11)12)2-5(16)23-25(21,22)24-9(20)8(19)7(18)6(17)4(15)3-14/h4,6-8,14-15,17-19H,2-3H2,1H3,(H3,11,12)(H,21,22)/t4-,6-,7+,8-/m1/s1. The predicted molar refractivity (Wildman–Crippen MR) is 77.7 cm³/mol. The Kier molecular flexibility index (Phi) is 8.93. The topological polar surface area (TPSA) is 244 Å². The van der Waals surface area contributed by atoms with E-state index < -0.39 is 63.3 Å². The zero-order valence-corrected chi connectivity index (χ0v) is 13.8. The fourth-order valence-corrected chi connectivity index (χ4v) is 1.97. The van der Waals surface area contributed by atoms with Crippen LogP contribution in [0, 0.1) is 5.41 Å². The van der Waals surface area contributed by atoms with E-state index in [0.717, 1.165) is 4.90 Å². The lowest BCUT2D eigenvalue weighted by molar-refractivity contribution is -0.163. The van der Waals surface area contributed by atoms with Crippen LogP contribution in [0.4, 0.5) is 0 Å². The minimum atomic E-state index is -5.35. The van der Waals surface area contributed by atoms with Crippen molar-refractivity contribution in [2.24, 2.45) is 5.73 Å². The lowest BCUT2D eigenvalue weighted by Gasteiger charge is -2.24. The summed E-state index contributed by atoms with van der Waals surface area (Å²) in [6.07, 6.45) is -9.08. The third kappa shape index (κ3) is 7.74. The lowest BCUT2D eigenvalue weighted by Crippen LogP contribution is -2.49. The van der Waals surface area contributed by atoms with Gasteiger partial charge >= 0.3 is 19.8 Å². The van der Waals surface area contributed by atoms with E-state index in [1.54, 1.807) is 0 Å². The van der Waals surface area contributed by atoms with Crippen LogP contribution < -0.4 is 5.73 Å². The Balaban J connectivity index is 4.77. The number of guanidine groups is 1. The molecular formula is C10H20N3O11P. The van der Waals surface area contributed by atoms with E-state index in [1.165, 1.54) is 7.05 Å². The molecule has 0 aliphatic rings. The maximum atomic E-state index is 11.5. The highest BCUT2D eigenvalue weighted by Crippen LogP contribution is 2.43. The van der Waals surface area contributed by atoms with E-state index in [9.17, 15) is 34.4 Å². The third-order valence-corrected chi connectivity index (χ3v) is 3.54. The average Bonchev–Trinajstić information content (AvgIpc) is 2.50. The van der Waals surface area contributed by atoms with E-state index in [4.69, 9.17) is 21.4 Å². The molecule has 0 bridgehead atoms. The molecule has 0 heterocycles. The number of likely N-dealkylation sites (N-methyl/N-ethyl adjacent to an activating group) is 1. The molecule has 1 unspecified atom stereocenters. The maximum Gasteiger partial charge on any atom is 0.589 e. The number of aliphatic hydroxyl groups is 5. The van der Waals surface area contributed by atoms with Crippen molar-refractivity contribution in [1.82, 2.24) is 4.90 Å². The molecule has 0 aliphatic heterocycles. The number of nitrogens with one attached hydrogen (secondary N) is 1. The number of nitrogens with two attached hydrogens (primary N) is 1. The first-order valence-electron chi connectivity index (χ1n) is 6.49. The molecule has 0 radical (unpaired) electrons. The van der Waals surface area contributed by atoms with Crippen molar-refractivity contribution in [2.45, 2.75) is 24.4 Å². The SMILES string of the molecule is CN(CC(=O)OP(=O)(O)OC(=O)[C@H](O)[C@@H](O)[C@H](O)[C@H](O)CO)C(=N)N. The minimum absolute atomic E-state index is 0.559. The smallest absolute Gasteiger partial charge is 0.394 e. The van der Waals surface area contributed by atoms with Gasteiger partial charge in [-0.15, -0.1) is 0 Å². The van der Waals surface area contributed by atoms with Crippen molar-refractivity contribution in [2.75, 3.05) is 20.2 Å². The number of phosphoric acid groups is 1. The van der Waals surface area contributed by atoms with Gasteiger partial charge in [0, 0.05) is 7.05 Å². The van der Waals surface area contributed by atoms with Gasteiger partial charge in [0.2, 0.25) is 0 Å². The second-order valence-corrected chi connectivity index (χ2v) is 6.06. The Hall–Kier alpha value is -1.80. The van der Waals surface area contributed by atoms with Crippen LogP contribution in [0.1, 0.15) is 0 Å². The summed E-state index contributed by atoms with van der Waals surface area (Å²) in [6.45, 7) is -1.75. The zero-order chi connectivity index (χ0) is 19.9. The van der Waals surface area contributed by atoms with E-state index in [1.807, 2.05) is 0 Å². The number of carbonyl (C=O) groups excluding carboxylic acids is 2. The molecule has 0 aromatic carbocycles. The highest BCUT2D eigenvalue weighted by Gasteiger charge is 2.40. The number of phosphoric ester groups is 1. The summed E-state index contributed by atoms with van der Waals surface area (Å²) in [5.41, 5.74) is 5.03. The van der Waals surface area contributed by atoms with Gasteiger partial charge in [-0.3, -0.25) is 10.3 Å². The highest BCUT2D eigenvalue weighted by atomic mass is 31.2. The highest BCUT2D eigenvalue weighted by molar-refractivity contribution is 7.48. The van der Waals surface area contributed by atoms with Crippen molar-refractivity contribution in [3.8, 4) is 0 Å². The molecule has 0 fully saturated rings. The van der Waals surface area contributed by atoms with E-state index in [2.05, 4.69) is 9.05 Å². The molecule has 0 amide bonds. The van der Waals surface area contributed by atoms with Crippen LogP contribution in [0.15, 0.2) is 0 Å². The zero-order valence-electron chi connectivity index (χ0n) is 12.9. The summed E-state index contributed by atoms with van der Waals surface area (Å²) in [5, 5.41) is 52.8. The molecule has 0 rings (SSSR count). The van der Waals surface area contributed by atoms with E-state index in [-0.39, 0.29) is 0 Å². The molecule has 25 heavy (non-hydrogen) atoms. The number of rotatable bonds is 9. The molecule has 0 aromatic rings. The first-order valence-corrected chi connectivity index (χ1v) is 7.98. The van der Waals surface area contributed by atoms with Crippen LogP contribution in [0.25, 0.3) is 0 Å². The minimum Gasteiger partial charge on any atom is -0.394 e. The van der Waals surface area contributed by atoms with E-state index >= 15 is 0 Å². The monoisotopic (exact) mass is 389 g/mol. The summed E-state index contributed by atoms with van der Waals surface area (Å²) in [4.78, 5) is 32.9. The van der Waals surface area contributed by atoms with Gasteiger partial charge in [-0.2, -0.15) is 0 Å². The Labute approximate surface area is 141 Å². The van der Waals surface area contributed by atoms with Crippen LogP contribution >= 0.6 is 7.82 Å². The number of aliphatic hydroxyl groups excluding tert-OH is 5. The molecule has 0 saturated carbocycles. The Morgan fingerprint density at radius 3 is 2.16 bits per heavy atom. The molecule has 146 valence electrons. The first kappa shape index (κ1) is 23.2. The van der Waals surface area contributed by atoms with Gasteiger partial charge in [-0.25, -0.2) is 14.2 Å². The van der Waals surface area contributed by atoms with Crippen molar-refractivity contribution in [1.29, 1.82) is 5.41 Å². The largest absolute Gasteiger partial charge is 0.589 e. The van der Waals surface area contributed by atoms with Gasteiger partial charge in [0.05, 0.1) is 6.61 Å². The Morgan fingerprint density at radius 2 is 1.72 bits per heavy atom. The second-order valence-electron chi connectivity index (χ2n) is 4.76. The number of hydrogen-bond acceptors (Lipinski definition) is 11. The normalized spacial score (nSPS) is 18.2. The molecule has 0 spiro atoms. The fraction of sp³-hybridized carbons (Fsp3) is 0.700. The maximum absolute atomic E-state index is 11.5. The molecule has 0 aliphatic carbocycles. The summed E-state index contributed by atoms with van der Waals surface area (Å²) < 4.78 is 19.3.